The van der Waals surface area contributed by atoms with Gasteiger partial charge in [-0.25, -0.2) is 0 Å². The highest BCUT2D eigenvalue weighted by atomic mass is 31.2. The first-order valence-corrected chi connectivity index (χ1v) is 12.1. The van der Waals surface area contributed by atoms with E-state index in [9.17, 15) is 18.3 Å². The van der Waals surface area contributed by atoms with Crippen LogP contribution in [0.5, 0.6) is 0 Å². The molecule has 0 unspecified atom stereocenters. The average Bonchev–Trinajstić information content (AvgIpc) is 2.06. The molecule has 8 N–H and O–H groups in total. The number of nitrogens with zero attached hydrogens (tertiary/aromatic N) is 1. The Bertz CT molecular complexity index is 474. The quantitative estimate of drug-likeness (QED) is 0.225. The molecule has 0 fully saturated rings. The highest BCUT2D eigenvalue weighted by Gasteiger charge is 2.57. The largest absolute Gasteiger partial charge is 0.355 e. The highest BCUT2D eigenvalue weighted by Crippen LogP contribution is 2.68. The summed E-state index contributed by atoms with van der Waals surface area (Å²) in [7, 11) is -22.8. The second-order valence-corrected chi connectivity index (χ2v) is 11.8. The van der Waals surface area contributed by atoms with Gasteiger partial charge in [0.2, 0.25) is 11.0 Å². The van der Waals surface area contributed by atoms with Crippen molar-refractivity contribution in [3.05, 3.63) is 0 Å². The highest BCUT2D eigenvalue weighted by molar-refractivity contribution is 7.72. The maximum absolute atomic E-state index is 11.3. The summed E-state index contributed by atoms with van der Waals surface area (Å²) in [6.07, 6.45) is -0.160. The molecule has 0 aliphatic rings. The maximum atomic E-state index is 11.3. The Hall–Kier alpha value is 0.560. The van der Waals surface area contributed by atoms with Gasteiger partial charge in [-0.05, 0) is 6.42 Å². The van der Waals surface area contributed by atoms with Gasteiger partial charge in [0.25, 0.3) is 0 Å². The summed E-state index contributed by atoms with van der Waals surface area (Å²) in [6, 6.07) is 0. The van der Waals surface area contributed by atoms with E-state index in [4.69, 9.17) is 39.1 Å². The van der Waals surface area contributed by atoms with Crippen LogP contribution < -0.4 is 0 Å². The summed E-state index contributed by atoms with van der Waals surface area (Å²) in [5.74, 6) is 0. The van der Waals surface area contributed by atoms with E-state index in [-0.39, 0.29) is 11.3 Å². The van der Waals surface area contributed by atoms with E-state index in [1.165, 1.54) is 6.92 Å². The summed E-state index contributed by atoms with van der Waals surface area (Å²) in [6.45, 7) is 0.515. The fraction of sp³-hybridized carbons (Fsp3) is 1.00. The van der Waals surface area contributed by atoms with E-state index >= 15 is 0 Å². The first-order chi connectivity index (χ1) is 9.44. The number of hydrogen-bond acceptors (Lipinski definition) is 5. The molecule has 0 aliphatic heterocycles. The van der Waals surface area contributed by atoms with Crippen LogP contribution in [0.4, 0.5) is 0 Å². The molecular formula is C5H17NO12P4. The zero-order chi connectivity index (χ0) is 18.1. The minimum atomic E-state index is -5.70. The standard InChI is InChI=1S/C5H17NO12P4/c1-2-3-6(4(19(7,8)9)20(10,11)12)5(21(13,14)15)22(16,17)18/h4-5H,2-3H2,1H3,(H2,7,8,9)(H2,10,11,12)(H2,13,14,15)(H2,16,17,18). The smallest absolute Gasteiger partial charge is 0.323 e. The third kappa shape index (κ3) is 6.22. The van der Waals surface area contributed by atoms with Crippen molar-refractivity contribution in [3.8, 4) is 0 Å². The van der Waals surface area contributed by atoms with Crippen molar-refractivity contribution in [1.29, 1.82) is 0 Å². The maximum Gasteiger partial charge on any atom is 0.355 e. The first-order valence-electron chi connectivity index (χ1n) is 5.40. The van der Waals surface area contributed by atoms with E-state index < -0.39 is 48.0 Å². The van der Waals surface area contributed by atoms with Gasteiger partial charge in [-0.3, -0.25) is 23.2 Å². The summed E-state index contributed by atoms with van der Waals surface area (Å²) < 4.78 is 45.2. The summed E-state index contributed by atoms with van der Waals surface area (Å²) in [4.78, 5) is 72.3. The van der Waals surface area contributed by atoms with Gasteiger partial charge in [-0.15, -0.1) is 0 Å². The van der Waals surface area contributed by atoms with Crippen molar-refractivity contribution in [2.45, 2.75) is 24.4 Å². The van der Waals surface area contributed by atoms with Gasteiger partial charge >= 0.3 is 30.4 Å². The van der Waals surface area contributed by atoms with Crippen molar-refractivity contribution in [2.75, 3.05) is 6.54 Å². The molecule has 0 aromatic heterocycles. The SMILES string of the molecule is CCCN(C(P(=O)(O)O)P(=O)(O)O)C(P(=O)(O)O)P(=O)(O)O. The van der Waals surface area contributed by atoms with Gasteiger partial charge in [0, 0.05) is 6.54 Å². The van der Waals surface area contributed by atoms with Gasteiger partial charge in [-0.2, -0.15) is 0 Å². The topological polar surface area (TPSA) is 233 Å². The molecule has 0 aliphatic carbocycles. The van der Waals surface area contributed by atoms with Crippen LogP contribution in [0.1, 0.15) is 13.3 Å². The minimum Gasteiger partial charge on any atom is -0.323 e. The lowest BCUT2D eigenvalue weighted by Crippen LogP contribution is -2.43. The Kier molecular flexibility index (Phi) is 7.39. The molecule has 0 aromatic rings. The second-order valence-electron chi connectivity index (χ2n) is 4.29. The summed E-state index contributed by atoms with van der Waals surface area (Å²) in [5, 5.41) is 0. The van der Waals surface area contributed by atoms with Crippen LogP contribution in [0.15, 0.2) is 0 Å². The summed E-state index contributed by atoms with van der Waals surface area (Å²) >= 11 is 0. The first kappa shape index (κ1) is 22.6. The van der Waals surface area contributed by atoms with Crippen molar-refractivity contribution >= 4 is 30.4 Å². The van der Waals surface area contributed by atoms with Gasteiger partial charge in [0.1, 0.15) is 0 Å². The van der Waals surface area contributed by atoms with Crippen LogP contribution in [0.3, 0.4) is 0 Å². The predicted molar refractivity (Wildman–Crippen MR) is 72.7 cm³/mol. The minimum absolute atomic E-state index is 0.160. The molecule has 134 valence electrons. The van der Waals surface area contributed by atoms with Crippen LogP contribution in [-0.4, -0.2) is 61.6 Å². The zero-order valence-corrected chi connectivity index (χ0v) is 14.6. The Labute approximate surface area is 124 Å². The Morgan fingerprint density at radius 3 is 1.05 bits per heavy atom. The van der Waals surface area contributed by atoms with E-state index in [0.29, 0.717) is 0 Å². The fourth-order valence-electron chi connectivity index (χ4n) is 1.77. The van der Waals surface area contributed by atoms with Crippen LogP contribution in [0.2, 0.25) is 0 Å². The van der Waals surface area contributed by atoms with Crippen LogP contribution in [-0.2, 0) is 18.3 Å². The van der Waals surface area contributed by atoms with Crippen molar-refractivity contribution in [3.63, 3.8) is 0 Å². The molecule has 0 rings (SSSR count). The number of hydrogen-bond donors (Lipinski definition) is 8. The fourth-order valence-corrected chi connectivity index (χ4v) is 7.87. The lowest BCUT2D eigenvalue weighted by molar-refractivity contribution is 0.201. The van der Waals surface area contributed by atoms with E-state index in [2.05, 4.69) is 0 Å². The molecule has 13 nitrogen and oxygen atoms in total. The summed E-state index contributed by atoms with van der Waals surface area (Å²) in [5.41, 5.74) is -6.18. The zero-order valence-electron chi connectivity index (χ0n) is 11.0. The molecule has 0 heterocycles. The van der Waals surface area contributed by atoms with Crippen molar-refractivity contribution in [2.24, 2.45) is 0 Å². The molecule has 22 heavy (non-hydrogen) atoms. The predicted octanol–water partition coefficient (Wildman–Crippen LogP) is -1.02. The molecule has 0 spiro atoms. The Morgan fingerprint density at radius 1 is 0.682 bits per heavy atom. The van der Waals surface area contributed by atoms with E-state index in [0.717, 1.165) is 0 Å². The van der Waals surface area contributed by atoms with Crippen molar-refractivity contribution in [1.82, 2.24) is 4.90 Å². The monoisotopic (exact) mass is 407 g/mol. The lowest BCUT2D eigenvalue weighted by atomic mass is 10.5. The third-order valence-corrected chi connectivity index (χ3v) is 9.48. The van der Waals surface area contributed by atoms with Crippen LogP contribution >= 0.6 is 30.4 Å². The van der Waals surface area contributed by atoms with E-state index in [1.807, 2.05) is 0 Å². The van der Waals surface area contributed by atoms with Crippen LogP contribution in [0.25, 0.3) is 0 Å². The Morgan fingerprint density at radius 2 is 0.909 bits per heavy atom. The van der Waals surface area contributed by atoms with Crippen molar-refractivity contribution < 1.29 is 57.4 Å². The molecule has 0 radical (unpaired) electrons. The number of rotatable bonds is 8. The molecule has 0 saturated heterocycles. The molecular weight excluding hydrogens is 390 g/mol. The molecule has 0 amide bonds. The molecule has 0 aromatic carbocycles. The molecule has 17 heteroatoms. The van der Waals surface area contributed by atoms with Gasteiger partial charge in [0.15, 0.2) is 0 Å². The second kappa shape index (κ2) is 7.21. The third-order valence-electron chi connectivity index (χ3n) is 2.28. The molecule has 0 bridgehead atoms. The van der Waals surface area contributed by atoms with Gasteiger partial charge < -0.3 is 39.1 Å². The van der Waals surface area contributed by atoms with Gasteiger partial charge in [-0.1, -0.05) is 6.92 Å². The Balaban J connectivity index is 6.39. The molecule has 0 atom stereocenters. The average molecular weight is 407 g/mol. The lowest BCUT2D eigenvalue weighted by Gasteiger charge is -2.37. The van der Waals surface area contributed by atoms with E-state index in [1.54, 1.807) is 0 Å². The normalized spacial score (nSPS) is 15.1. The van der Waals surface area contributed by atoms with Gasteiger partial charge in [0.05, 0.1) is 0 Å². The van der Waals surface area contributed by atoms with Crippen LogP contribution in [0, 0.1) is 0 Å². The molecule has 0 saturated carbocycles.